The molecule has 0 aliphatic rings. The molecule has 0 saturated heterocycles. The molecular formula is C12H18N4O2S. The van der Waals surface area contributed by atoms with E-state index in [0.29, 0.717) is 5.69 Å². The van der Waals surface area contributed by atoms with Gasteiger partial charge in [0, 0.05) is 18.3 Å². The van der Waals surface area contributed by atoms with Crippen LogP contribution in [0.15, 0.2) is 23.1 Å². The summed E-state index contributed by atoms with van der Waals surface area (Å²) < 4.78 is 26.7. The van der Waals surface area contributed by atoms with Crippen molar-refractivity contribution >= 4 is 15.7 Å². The summed E-state index contributed by atoms with van der Waals surface area (Å²) in [6, 6.07) is 6.05. The fourth-order valence-electron chi connectivity index (χ4n) is 1.36. The lowest BCUT2D eigenvalue weighted by Crippen LogP contribution is -2.38. The topological polar surface area (TPSA) is 99.2 Å². The van der Waals surface area contributed by atoms with Crippen LogP contribution in [0.3, 0.4) is 0 Å². The quantitative estimate of drug-likeness (QED) is 0.760. The fourth-order valence-corrected chi connectivity index (χ4v) is 2.62. The summed E-state index contributed by atoms with van der Waals surface area (Å²) in [5.74, 6) is 0. The van der Waals surface area contributed by atoms with Crippen molar-refractivity contribution in [1.82, 2.24) is 9.62 Å². The molecule has 0 aliphatic heterocycles. The fraction of sp³-hybridized carbons (Fsp3) is 0.417. The van der Waals surface area contributed by atoms with E-state index in [1.807, 2.05) is 32.0 Å². The van der Waals surface area contributed by atoms with Crippen LogP contribution in [0.1, 0.15) is 12.5 Å². The number of nitrogens with two attached hydrogens (primary N) is 1. The number of nitrogens with zero attached hydrogens (tertiary/aromatic N) is 2. The summed E-state index contributed by atoms with van der Waals surface area (Å²) in [6.45, 7) is 2.17. The van der Waals surface area contributed by atoms with E-state index in [2.05, 4.69) is 4.72 Å². The number of nitriles is 1. The predicted octanol–water partition coefficient (Wildman–Crippen LogP) is 0.369. The van der Waals surface area contributed by atoms with E-state index in [-0.39, 0.29) is 23.0 Å². The van der Waals surface area contributed by atoms with Gasteiger partial charge in [-0.05, 0) is 39.2 Å². The van der Waals surface area contributed by atoms with Crippen molar-refractivity contribution in [2.24, 2.45) is 0 Å². The molecule has 0 spiro atoms. The van der Waals surface area contributed by atoms with Gasteiger partial charge in [0.2, 0.25) is 10.0 Å². The Hall–Kier alpha value is -1.62. The van der Waals surface area contributed by atoms with Crippen molar-refractivity contribution in [3.8, 4) is 6.07 Å². The number of likely N-dealkylation sites (N-methyl/N-ethyl adjacent to an activating group) is 1. The molecule has 7 heteroatoms. The molecule has 104 valence electrons. The number of hydrogen-bond donors (Lipinski definition) is 2. The van der Waals surface area contributed by atoms with Crippen LogP contribution >= 0.6 is 0 Å². The highest BCUT2D eigenvalue weighted by molar-refractivity contribution is 7.89. The smallest absolute Gasteiger partial charge is 0.241 e. The highest BCUT2D eigenvalue weighted by atomic mass is 32.2. The number of sulfonamides is 1. The van der Waals surface area contributed by atoms with Gasteiger partial charge in [0.25, 0.3) is 0 Å². The third-order valence-electron chi connectivity index (χ3n) is 2.86. The molecule has 1 atom stereocenters. The van der Waals surface area contributed by atoms with Crippen LogP contribution in [-0.4, -0.2) is 40.0 Å². The van der Waals surface area contributed by atoms with Crippen LogP contribution < -0.4 is 10.5 Å². The molecule has 1 unspecified atom stereocenters. The zero-order valence-electron chi connectivity index (χ0n) is 11.2. The number of nitrogen functional groups attached to an aromatic ring is 1. The Balaban J connectivity index is 2.99. The summed E-state index contributed by atoms with van der Waals surface area (Å²) in [4.78, 5) is 1.85. The average molecular weight is 282 g/mol. The van der Waals surface area contributed by atoms with E-state index in [1.54, 1.807) is 0 Å². The molecule has 6 nitrogen and oxygen atoms in total. The average Bonchev–Trinajstić information content (AvgIpc) is 2.35. The molecule has 0 amide bonds. The Kier molecular flexibility index (Phi) is 4.89. The second kappa shape index (κ2) is 6.02. The van der Waals surface area contributed by atoms with Crippen molar-refractivity contribution in [3.63, 3.8) is 0 Å². The molecule has 0 radical (unpaired) electrons. The van der Waals surface area contributed by atoms with Crippen molar-refractivity contribution < 1.29 is 8.42 Å². The van der Waals surface area contributed by atoms with E-state index in [0.717, 1.165) is 0 Å². The van der Waals surface area contributed by atoms with Crippen LogP contribution in [0.2, 0.25) is 0 Å². The minimum absolute atomic E-state index is 0.0462. The van der Waals surface area contributed by atoms with Crippen LogP contribution in [0.5, 0.6) is 0 Å². The van der Waals surface area contributed by atoms with Crippen molar-refractivity contribution in [2.75, 3.05) is 26.4 Å². The standard InChI is InChI=1S/C12H18N4O2S/c1-9(16(2)3)8-15-19(17,18)12-5-4-11(14)6-10(12)7-13/h4-6,9,15H,8,14H2,1-3H3. The van der Waals surface area contributed by atoms with Gasteiger partial charge in [-0.3, -0.25) is 0 Å². The first-order chi connectivity index (χ1) is 8.77. The number of rotatable bonds is 5. The normalized spacial score (nSPS) is 13.2. The SMILES string of the molecule is CC(CNS(=O)(=O)c1ccc(N)cc1C#N)N(C)C. The second-order valence-corrected chi connectivity index (χ2v) is 6.27. The molecule has 0 fully saturated rings. The van der Waals surface area contributed by atoms with E-state index in [4.69, 9.17) is 11.0 Å². The van der Waals surface area contributed by atoms with Gasteiger partial charge in [-0.25, -0.2) is 13.1 Å². The van der Waals surface area contributed by atoms with Crippen LogP contribution in [0, 0.1) is 11.3 Å². The molecule has 1 aromatic carbocycles. The Morgan fingerprint density at radius 1 is 1.47 bits per heavy atom. The van der Waals surface area contributed by atoms with Gasteiger partial charge in [0.1, 0.15) is 6.07 Å². The Morgan fingerprint density at radius 3 is 2.63 bits per heavy atom. The van der Waals surface area contributed by atoms with E-state index >= 15 is 0 Å². The third-order valence-corrected chi connectivity index (χ3v) is 4.35. The monoisotopic (exact) mass is 282 g/mol. The molecular weight excluding hydrogens is 264 g/mol. The molecule has 1 aromatic rings. The summed E-state index contributed by atoms with van der Waals surface area (Å²) in [5.41, 5.74) is 5.94. The molecule has 0 bridgehead atoms. The number of nitrogens with one attached hydrogen (secondary N) is 1. The first-order valence-electron chi connectivity index (χ1n) is 5.73. The van der Waals surface area contributed by atoms with Gasteiger partial charge in [0.05, 0.1) is 10.5 Å². The van der Waals surface area contributed by atoms with Gasteiger partial charge in [-0.15, -0.1) is 0 Å². The van der Waals surface area contributed by atoms with Gasteiger partial charge in [0.15, 0.2) is 0 Å². The van der Waals surface area contributed by atoms with Gasteiger partial charge in [-0.1, -0.05) is 0 Å². The van der Waals surface area contributed by atoms with E-state index in [1.165, 1.54) is 18.2 Å². The highest BCUT2D eigenvalue weighted by Gasteiger charge is 2.19. The third kappa shape index (κ3) is 3.92. The summed E-state index contributed by atoms with van der Waals surface area (Å²) in [7, 11) is 0.0249. The predicted molar refractivity (Wildman–Crippen MR) is 73.9 cm³/mol. The molecule has 0 aromatic heterocycles. The minimum Gasteiger partial charge on any atom is -0.399 e. The number of benzene rings is 1. The number of hydrogen-bond acceptors (Lipinski definition) is 5. The summed E-state index contributed by atoms with van der Waals surface area (Å²) in [6.07, 6.45) is 0. The van der Waals surface area contributed by atoms with E-state index in [9.17, 15) is 8.42 Å². The maximum Gasteiger partial charge on any atom is 0.241 e. The van der Waals surface area contributed by atoms with E-state index < -0.39 is 10.0 Å². The van der Waals surface area contributed by atoms with Crippen molar-refractivity contribution in [2.45, 2.75) is 17.9 Å². The Bertz CT molecular complexity index is 590. The lowest BCUT2D eigenvalue weighted by molar-refractivity contribution is 0.314. The Morgan fingerprint density at radius 2 is 2.11 bits per heavy atom. The van der Waals surface area contributed by atoms with Crippen LogP contribution in [0.4, 0.5) is 5.69 Å². The van der Waals surface area contributed by atoms with Crippen LogP contribution in [0.25, 0.3) is 0 Å². The lowest BCUT2D eigenvalue weighted by Gasteiger charge is -2.20. The van der Waals surface area contributed by atoms with Crippen molar-refractivity contribution in [3.05, 3.63) is 23.8 Å². The molecule has 0 saturated carbocycles. The first kappa shape index (κ1) is 15.4. The molecule has 3 N–H and O–H groups in total. The zero-order chi connectivity index (χ0) is 14.6. The minimum atomic E-state index is -3.70. The zero-order valence-corrected chi connectivity index (χ0v) is 12.0. The maximum absolute atomic E-state index is 12.1. The van der Waals surface area contributed by atoms with Gasteiger partial charge >= 0.3 is 0 Å². The maximum atomic E-state index is 12.1. The second-order valence-electron chi connectivity index (χ2n) is 4.53. The van der Waals surface area contributed by atoms with Crippen LogP contribution in [-0.2, 0) is 10.0 Å². The first-order valence-corrected chi connectivity index (χ1v) is 7.22. The molecule has 0 heterocycles. The van der Waals surface area contributed by atoms with Gasteiger partial charge in [-0.2, -0.15) is 5.26 Å². The summed E-state index contributed by atoms with van der Waals surface area (Å²) >= 11 is 0. The van der Waals surface area contributed by atoms with Gasteiger partial charge < -0.3 is 10.6 Å². The largest absolute Gasteiger partial charge is 0.399 e. The molecule has 1 rings (SSSR count). The lowest BCUT2D eigenvalue weighted by atomic mass is 10.2. The Labute approximate surface area is 113 Å². The van der Waals surface area contributed by atoms with Crippen molar-refractivity contribution in [1.29, 1.82) is 5.26 Å². The summed E-state index contributed by atoms with van der Waals surface area (Å²) in [5, 5.41) is 8.97. The highest BCUT2D eigenvalue weighted by Crippen LogP contribution is 2.17. The molecule has 19 heavy (non-hydrogen) atoms. The number of anilines is 1. The molecule has 0 aliphatic carbocycles.